The molecule has 3 rings (SSSR count). The van der Waals surface area contributed by atoms with Crippen molar-refractivity contribution in [3.63, 3.8) is 0 Å². The summed E-state index contributed by atoms with van der Waals surface area (Å²) in [4.78, 5) is 31.6. The number of hydrogen-bond acceptors (Lipinski definition) is 4. The molecule has 3 aromatic rings. The molecule has 0 aliphatic heterocycles. The number of anilines is 1. The number of amides is 1. The lowest BCUT2D eigenvalue weighted by atomic mass is 10.1. The zero-order chi connectivity index (χ0) is 20.3. The molecule has 8 heteroatoms. The highest BCUT2D eigenvalue weighted by Crippen LogP contribution is 2.20. The number of benzene rings is 2. The molecule has 0 saturated heterocycles. The Morgan fingerprint density at radius 2 is 1.89 bits per heavy atom. The van der Waals surface area contributed by atoms with Gasteiger partial charge in [-0.3, -0.25) is 4.79 Å². The predicted octanol–water partition coefficient (Wildman–Crippen LogP) is 4.39. The van der Waals surface area contributed by atoms with E-state index in [1.807, 2.05) is 13.8 Å². The van der Waals surface area contributed by atoms with Gasteiger partial charge in [-0.25, -0.2) is 14.2 Å². The molecule has 0 spiro atoms. The maximum absolute atomic E-state index is 13.7. The molecule has 6 nitrogen and oxygen atoms in total. The van der Waals surface area contributed by atoms with Gasteiger partial charge in [-0.1, -0.05) is 28.1 Å². The molecule has 1 heterocycles. The Morgan fingerprint density at radius 1 is 1.18 bits per heavy atom. The van der Waals surface area contributed by atoms with Crippen molar-refractivity contribution in [3.8, 4) is 11.4 Å². The first-order chi connectivity index (χ1) is 13.3. The van der Waals surface area contributed by atoms with Gasteiger partial charge < -0.3 is 15.0 Å². The van der Waals surface area contributed by atoms with Gasteiger partial charge in [0.25, 0.3) is 5.91 Å². The first-order valence-electron chi connectivity index (χ1n) is 8.39. The maximum atomic E-state index is 13.7. The fraction of sp³-hybridized carbons (Fsp3) is 0.150. The van der Waals surface area contributed by atoms with Gasteiger partial charge in [-0.2, -0.15) is 0 Å². The summed E-state index contributed by atoms with van der Waals surface area (Å²) < 4.78 is 19.3. The van der Waals surface area contributed by atoms with Gasteiger partial charge in [0, 0.05) is 15.7 Å². The Labute approximate surface area is 169 Å². The second-order valence-corrected chi connectivity index (χ2v) is 7.04. The molecular formula is C20H17BrFN3O3. The molecule has 1 aromatic heterocycles. The van der Waals surface area contributed by atoms with Gasteiger partial charge in [0.2, 0.25) is 0 Å². The van der Waals surface area contributed by atoms with Crippen molar-refractivity contribution < 1.29 is 18.7 Å². The normalized spacial score (nSPS) is 10.6. The third-order valence-electron chi connectivity index (χ3n) is 4.06. The summed E-state index contributed by atoms with van der Waals surface area (Å²) in [5.41, 5.74) is 3.03. The number of aryl methyl sites for hydroxylation is 2. The van der Waals surface area contributed by atoms with E-state index < -0.39 is 24.3 Å². The minimum atomic E-state index is -0.648. The van der Waals surface area contributed by atoms with E-state index in [0.29, 0.717) is 15.9 Å². The summed E-state index contributed by atoms with van der Waals surface area (Å²) in [6.07, 6.45) is 0. The van der Waals surface area contributed by atoms with Gasteiger partial charge in [0.1, 0.15) is 11.6 Å². The fourth-order valence-electron chi connectivity index (χ4n) is 2.44. The summed E-state index contributed by atoms with van der Waals surface area (Å²) in [5, 5.41) is 2.36. The summed E-state index contributed by atoms with van der Waals surface area (Å²) in [7, 11) is 0. The van der Waals surface area contributed by atoms with Gasteiger partial charge >= 0.3 is 5.97 Å². The van der Waals surface area contributed by atoms with Crippen molar-refractivity contribution in [3.05, 3.63) is 69.7 Å². The van der Waals surface area contributed by atoms with E-state index in [9.17, 15) is 14.0 Å². The lowest BCUT2D eigenvalue weighted by molar-refractivity contribution is -0.119. The SMILES string of the molecule is Cc1nc(-c2ccc(C(=O)OCC(=O)Nc3ccc(Br)cc3F)cc2)[nH]c1C. The van der Waals surface area contributed by atoms with Crippen LogP contribution in [0.1, 0.15) is 21.7 Å². The number of nitrogens with one attached hydrogen (secondary N) is 2. The van der Waals surface area contributed by atoms with Crippen LogP contribution >= 0.6 is 15.9 Å². The van der Waals surface area contributed by atoms with E-state index in [1.165, 1.54) is 12.1 Å². The van der Waals surface area contributed by atoms with Crippen molar-refractivity contribution in [1.82, 2.24) is 9.97 Å². The molecule has 0 fully saturated rings. The molecule has 0 unspecified atom stereocenters. The Morgan fingerprint density at radius 3 is 2.50 bits per heavy atom. The second kappa shape index (κ2) is 8.35. The first-order valence-corrected chi connectivity index (χ1v) is 9.18. The molecular weight excluding hydrogens is 429 g/mol. The van der Waals surface area contributed by atoms with Crippen molar-refractivity contribution >= 4 is 33.5 Å². The van der Waals surface area contributed by atoms with Crippen molar-refractivity contribution in [2.45, 2.75) is 13.8 Å². The highest BCUT2D eigenvalue weighted by atomic mass is 79.9. The van der Waals surface area contributed by atoms with E-state index in [1.54, 1.807) is 30.3 Å². The van der Waals surface area contributed by atoms with Gasteiger partial charge in [-0.15, -0.1) is 0 Å². The zero-order valence-corrected chi connectivity index (χ0v) is 16.8. The molecule has 1 amide bonds. The number of imidazole rings is 1. The van der Waals surface area contributed by atoms with Crippen LogP contribution in [-0.2, 0) is 9.53 Å². The summed E-state index contributed by atoms with van der Waals surface area (Å²) in [6.45, 7) is 3.32. The van der Waals surface area contributed by atoms with Crippen LogP contribution in [0, 0.1) is 19.7 Å². The predicted molar refractivity (Wildman–Crippen MR) is 107 cm³/mol. The zero-order valence-electron chi connectivity index (χ0n) is 15.2. The molecule has 0 bridgehead atoms. The minimum Gasteiger partial charge on any atom is -0.452 e. The molecule has 0 radical (unpaired) electrons. The molecule has 28 heavy (non-hydrogen) atoms. The second-order valence-electron chi connectivity index (χ2n) is 6.12. The van der Waals surface area contributed by atoms with Crippen molar-refractivity contribution in [2.75, 3.05) is 11.9 Å². The number of aromatic amines is 1. The number of esters is 1. The molecule has 0 aliphatic rings. The van der Waals surface area contributed by atoms with Crippen LogP contribution in [0.4, 0.5) is 10.1 Å². The molecule has 0 atom stereocenters. The lowest BCUT2D eigenvalue weighted by Gasteiger charge is -2.08. The number of carbonyl (C=O) groups is 2. The summed E-state index contributed by atoms with van der Waals surface area (Å²) in [5.74, 6) is -1.16. The van der Waals surface area contributed by atoms with E-state index in [-0.39, 0.29) is 5.69 Å². The summed E-state index contributed by atoms with van der Waals surface area (Å²) >= 11 is 3.13. The average Bonchev–Trinajstić information content (AvgIpc) is 3.01. The van der Waals surface area contributed by atoms with E-state index in [2.05, 4.69) is 31.2 Å². The number of ether oxygens (including phenoxy) is 1. The van der Waals surface area contributed by atoms with E-state index in [0.717, 1.165) is 17.0 Å². The van der Waals surface area contributed by atoms with Gasteiger partial charge in [-0.05, 0) is 44.2 Å². The van der Waals surface area contributed by atoms with Crippen LogP contribution in [0.5, 0.6) is 0 Å². The van der Waals surface area contributed by atoms with Crippen LogP contribution in [0.15, 0.2) is 46.9 Å². The number of rotatable bonds is 5. The number of halogens is 2. The van der Waals surface area contributed by atoms with Crippen molar-refractivity contribution in [2.24, 2.45) is 0 Å². The number of carbonyl (C=O) groups excluding carboxylic acids is 2. The number of hydrogen-bond donors (Lipinski definition) is 2. The Balaban J connectivity index is 1.57. The quantitative estimate of drug-likeness (QED) is 0.570. The number of nitrogens with zero attached hydrogens (tertiary/aromatic N) is 1. The van der Waals surface area contributed by atoms with Crippen LogP contribution in [-0.4, -0.2) is 28.5 Å². The smallest absolute Gasteiger partial charge is 0.338 e. The topological polar surface area (TPSA) is 84.1 Å². The Bertz CT molecular complexity index is 1010. The average molecular weight is 446 g/mol. The molecule has 144 valence electrons. The Hall–Kier alpha value is -3.00. The van der Waals surface area contributed by atoms with Crippen LogP contribution in [0.25, 0.3) is 11.4 Å². The molecule has 2 N–H and O–H groups in total. The third-order valence-corrected chi connectivity index (χ3v) is 4.55. The van der Waals surface area contributed by atoms with Crippen LogP contribution in [0.3, 0.4) is 0 Å². The maximum Gasteiger partial charge on any atom is 0.338 e. The Kier molecular flexibility index (Phi) is 5.89. The molecule has 0 aliphatic carbocycles. The van der Waals surface area contributed by atoms with Crippen LogP contribution < -0.4 is 5.32 Å². The number of H-pyrrole nitrogens is 1. The fourth-order valence-corrected chi connectivity index (χ4v) is 2.77. The largest absolute Gasteiger partial charge is 0.452 e. The van der Waals surface area contributed by atoms with E-state index in [4.69, 9.17) is 4.74 Å². The molecule has 2 aromatic carbocycles. The van der Waals surface area contributed by atoms with Crippen LogP contribution in [0.2, 0.25) is 0 Å². The van der Waals surface area contributed by atoms with E-state index >= 15 is 0 Å². The van der Waals surface area contributed by atoms with Crippen molar-refractivity contribution in [1.29, 1.82) is 0 Å². The standard InChI is InChI=1S/C20H17BrFN3O3/c1-11-12(2)24-19(23-11)13-3-5-14(6-4-13)20(27)28-10-18(26)25-17-8-7-15(21)9-16(17)22/h3-9H,10H2,1-2H3,(H,23,24)(H,25,26). The monoisotopic (exact) mass is 445 g/mol. The van der Waals surface area contributed by atoms with Gasteiger partial charge in [0.05, 0.1) is 16.9 Å². The van der Waals surface area contributed by atoms with Gasteiger partial charge in [0.15, 0.2) is 6.61 Å². The number of aromatic nitrogens is 2. The highest BCUT2D eigenvalue weighted by Gasteiger charge is 2.13. The highest BCUT2D eigenvalue weighted by molar-refractivity contribution is 9.10. The lowest BCUT2D eigenvalue weighted by Crippen LogP contribution is -2.21. The minimum absolute atomic E-state index is 0.0117. The third kappa shape index (κ3) is 4.64. The summed E-state index contributed by atoms with van der Waals surface area (Å²) in [6, 6.07) is 10.9. The first kappa shape index (κ1) is 19.8. The molecule has 0 saturated carbocycles.